The van der Waals surface area contributed by atoms with Crippen molar-refractivity contribution in [3.8, 4) is 0 Å². The Morgan fingerprint density at radius 3 is 2.93 bits per heavy atom. The molecule has 0 bridgehead atoms. The molecule has 1 aromatic rings. The maximum Gasteiger partial charge on any atom is 0.233 e. The van der Waals surface area contributed by atoms with Gasteiger partial charge in [-0.05, 0) is 6.42 Å². The summed E-state index contributed by atoms with van der Waals surface area (Å²) >= 11 is 0. The highest BCUT2D eigenvalue weighted by atomic mass is 32.2. The number of rotatable bonds is 5. The average Bonchev–Trinajstić information content (AvgIpc) is 2.50. The molecular formula is C7H14N4O2S. The molecule has 80 valence electrons. The Bertz CT molecular complexity index is 384. The number of nitrogens with zero attached hydrogens (tertiary/aromatic N) is 1. The van der Waals surface area contributed by atoms with Gasteiger partial charge in [0.25, 0.3) is 0 Å². The molecule has 0 fully saturated rings. The number of H-pyrrole nitrogens is 1. The first-order valence-corrected chi connectivity index (χ1v) is 5.97. The Hall–Kier alpha value is -1.08. The zero-order chi connectivity index (χ0) is 10.6. The predicted molar refractivity (Wildman–Crippen MR) is 54.2 cm³/mol. The summed E-state index contributed by atoms with van der Waals surface area (Å²) in [5, 5.41) is 6.26. The van der Waals surface area contributed by atoms with Crippen LogP contribution in [0.25, 0.3) is 0 Å². The lowest BCUT2D eigenvalue weighted by molar-refractivity contribution is 0.599. The second kappa shape index (κ2) is 4.43. The summed E-state index contributed by atoms with van der Waals surface area (Å²) < 4.78 is 25.1. The molecule has 0 aromatic carbocycles. The molecule has 7 heteroatoms. The van der Waals surface area contributed by atoms with Crippen molar-refractivity contribution in [2.75, 3.05) is 10.5 Å². The van der Waals surface area contributed by atoms with Gasteiger partial charge >= 0.3 is 0 Å². The van der Waals surface area contributed by atoms with Gasteiger partial charge < -0.3 is 5.73 Å². The minimum atomic E-state index is -3.26. The summed E-state index contributed by atoms with van der Waals surface area (Å²) in [6.45, 7) is 2.05. The Balaban J connectivity index is 2.78. The molecular weight excluding hydrogens is 204 g/mol. The second-order valence-corrected chi connectivity index (χ2v) is 4.74. The van der Waals surface area contributed by atoms with Crippen molar-refractivity contribution >= 4 is 15.8 Å². The number of hydrogen-bond acceptors (Lipinski definition) is 4. The van der Waals surface area contributed by atoms with Crippen LogP contribution in [0.4, 0.5) is 5.82 Å². The average molecular weight is 218 g/mol. The first-order chi connectivity index (χ1) is 6.59. The molecule has 14 heavy (non-hydrogen) atoms. The van der Waals surface area contributed by atoms with E-state index in [2.05, 4.69) is 14.9 Å². The summed E-state index contributed by atoms with van der Waals surface area (Å²) in [4.78, 5) is 0. The Kier molecular flexibility index (Phi) is 3.48. The van der Waals surface area contributed by atoms with Gasteiger partial charge in [-0.3, -0.25) is 9.82 Å². The normalized spacial score (nSPS) is 11.6. The monoisotopic (exact) mass is 218 g/mol. The number of aromatic nitrogens is 2. The maximum absolute atomic E-state index is 11.4. The maximum atomic E-state index is 11.4. The number of nitrogens with two attached hydrogens (primary N) is 1. The van der Waals surface area contributed by atoms with Gasteiger partial charge in [0.05, 0.1) is 11.9 Å². The third kappa shape index (κ3) is 2.71. The lowest BCUT2D eigenvalue weighted by Gasteiger charge is -2.05. The van der Waals surface area contributed by atoms with E-state index in [0.717, 1.165) is 0 Å². The number of aromatic amines is 1. The molecule has 0 aliphatic carbocycles. The van der Waals surface area contributed by atoms with Gasteiger partial charge in [0.1, 0.15) is 5.82 Å². The Morgan fingerprint density at radius 1 is 1.64 bits per heavy atom. The molecule has 0 unspecified atom stereocenters. The van der Waals surface area contributed by atoms with Crippen molar-refractivity contribution in [2.24, 2.45) is 5.73 Å². The van der Waals surface area contributed by atoms with Crippen LogP contribution < -0.4 is 10.5 Å². The highest BCUT2D eigenvalue weighted by Gasteiger charge is 2.12. The molecule has 0 atom stereocenters. The van der Waals surface area contributed by atoms with Crippen LogP contribution in [0.5, 0.6) is 0 Å². The van der Waals surface area contributed by atoms with Crippen LogP contribution in [-0.2, 0) is 16.6 Å². The van der Waals surface area contributed by atoms with Crippen molar-refractivity contribution in [3.63, 3.8) is 0 Å². The summed E-state index contributed by atoms with van der Waals surface area (Å²) in [5.41, 5.74) is 6.05. The van der Waals surface area contributed by atoms with Crippen LogP contribution in [0, 0.1) is 0 Å². The van der Waals surface area contributed by atoms with Crippen molar-refractivity contribution in [1.82, 2.24) is 10.2 Å². The summed E-state index contributed by atoms with van der Waals surface area (Å²) in [5.74, 6) is 0.455. The largest absolute Gasteiger partial charge is 0.326 e. The lowest BCUT2D eigenvalue weighted by atomic mass is 10.3. The van der Waals surface area contributed by atoms with Crippen molar-refractivity contribution in [3.05, 3.63) is 11.8 Å². The number of sulfonamides is 1. The quantitative estimate of drug-likeness (QED) is 0.648. The van der Waals surface area contributed by atoms with Crippen molar-refractivity contribution < 1.29 is 8.42 Å². The van der Waals surface area contributed by atoms with Crippen LogP contribution in [0.3, 0.4) is 0 Å². The van der Waals surface area contributed by atoms with Crippen molar-refractivity contribution in [1.29, 1.82) is 0 Å². The minimum absolute atomic E-state index is 0.0933. The van der Waals surface area contributed by atoms with E-state index in [9.17, 15) is 8.42 Å². The van der Waals surface area contributed by atoms with Gasteiger partial charge in [0.2, 0.25) is 10.0 Å². The standard InChI is InChI=1S/C7H14N4O2S/c1-2-3-14(12,13)11-7-6(4-8)5-9-10-7/h5H,2-4,8H2,1H3,(H2,9,10,11). The van der Waals surface area contributed by atoms with E-state index in [0.29, 0.717) is 17.8 Å². The highest BCUT2D eigenvalue weighted by molar-refractivity contribution is 7.92. The predicted octanol–water partition coefficient (Wildman–Crippen LogP) is 0.0201. The van der Waals surface area contributed by atoms with Gasteiger partial charge in [-0.2, -0.15) is 5.10 Å². The summed E-state index contributed by atoms with van der Waals surface area (Å²) in [6.07, 6.45) is 2.07. The van der Waals surface area contributed by atoms with Crippen LogP contribution in [0.1, 0.15) is 18.9 Å². The van der Waals surface area contributed by atoms with E-state index in [1.165, 1.54) is 6.20 Å². The molecule has 0 saturated carbocycles. The molecule has 1 aromatic heterocycles. The van der Waals surface area contributed by atoms with E-state index < -0.39 is 10.0 Å². The SMILES string of the molecule is CCCS(=O)(=O)Nc1[nH]ncc1CN. The van der Waals surface area contributed by atoms with Gasteiger partial charge in [-0.1, -0.05) is 6.92 Å². The second-order valence-electron chi connectivity index (χ2n) is 2.90. The lowest BCUT2D eigenvalue weighted by Crippen LogP contribution is -2.17. The molecule has 4 N–H and O–H groups in total. The van der Waals surface area contributed by atoms with Crippen LogP contribution >= 0.6 is 0 Å². The number of hydrogen-bond donors (Lipinski definition) is 3. The summed E-state index contributed by atoms with van der Waals surface area (Å²) in [7, 11) is -3.26. The van der Waals surface area contributed by atoms with Gasteiger partial charge in [-0.15, -0.1) is 0 Å². The fourth-order valence-corrected chi connectivity index (χ4v) is 2.16. The van der Waals surface area contributed by atoms with Crippen LogP contribution in [-0.4, -0.2) is 24.4 Å². The molecule has 0 aliphatic rings. The van der Waals surface area contributed by atoms with E-state index in [1.54, 1.807) is 6.92 Å². The van der Waals surface area contributed by atoms with Crippen molar-refractivity contribution in [2.45, 2.75) is 19.9 Å². The molecule has 0 saturated heterocycles. The van der Waals surface area contributed by atoms with Crippen LogP contribution in [0.15, 0.2) is 6.20 Å². The minimum Gasteiger partial charge on any atom is -0.326 e. The van der Waals surface area contributed by atoms with E-state index >= 15 is 0 Å². The molecule has 0 spiro atoms. The van der Waals surface area contributed by atoms with Gasteiger partial charge in [-0.25, -0.2) is 8.42 Å². The smallest absolute Gasteiger partial charge is 0.233 e. The Labute approximate surface area is 82.9 Å². The van der Waals surface area contributed by atoms with Gasteiger partial charge in [0.15, 0.2) is 0 Å². The van der Waals surface area contributed by atoms with E-state index in [-0.39, 0.29) is 12.3 Å². The number of nitrogens with one attached hydrogen (secondary N) is 2. The third-order valence-electron chi connectivity index (χ3n) is 1.67. The zero-order valence-electron chi connectivity index (χ0n) is 7.95. The van der Waals surface area contributed by atoms with Crippen LogP contribution in [0.2, 0.25) is 0 Å². The third-order valence-corrected chi connectivity index (χ3v) is 3.13. The Morgan fingerprint density at radius 2 is 2.36 bits per heavy atom. The first-order valence-electron chi connectivity index (χ1n) is 4.32. The zero-order valence-corrected chi connectivity index (χ0v) is 8.76. The molecule has 0 radical (unpaired) electrons. The molecule has 1 rings (SSSR count). The molecule has 6 nitrogen and oxygen atoms in total. The van der Waals surface area contributed by atoms with Gasteiger partial charge in [0, 0.05) is 12.1 Å². The summed E-state index contributed by atoms with van der Waals surface area (Å²) in [6, 6.07) is 0. The van der Waals surface area contributed by atoms with E-state index in [1.807, 2.05) is 0 Å². The van der Waals surface area contributed by atoms with E-state index in [4.69, 9.17) is 5.73 Å². The fraction of sp³-hybridized carbons (Fsp3) is 0.571. The molecule has 1 heterocycles. The molecule has 0 amide bonds. The highest BCUT2D eigenvalue weighted by Crippen LogP contribution is 2.11. The first kappa shape index (κ1) is 11.0. The fourth-order valence-electron chi connectivity index (χ4n) is 1.03. The number of anilines is 1. The molecule has 0 aliphatic heterocycles. The topological polar surface area (TPSA) is 101 Å².